The summed E-state index contributed by atoms with van der Waals surface area (Å²) >= 11 is 0. The molecule has 1 aromatic rings. The molecule has 0 fully saturated rings. The molecule has 0 saturated carbocycles. The van der Waals surface area contributed by atoms with Crippen LogP contribution in [0.15, 0.2) is 40.7 Å². The van der Waals surface area contributed by atoms with E-state index in [0.717, 1.165) is 18.5 Å². The molecule has 1 unspecified atom stereocenters. The van der Waals surface area contributed by atoms with E-state index in [4.69, 9.17) is 0 Å². The molecule has 0 aliphatic carbocycles. The van der Waals surface area contributed by atoms with Gasteiger partial charge in [-0.05, 0) is 0 Å². The number of carbonyl (C=O) groups excluding carboxylic acids is 1. The maximum atomic E-state index is 10.6. The summed E-state index contributed by atoms with van der Waals surface area (Å²) in [5, 5.41) is 8.13. The Hall–Kier alpha value is -1.55. The third-order valence-corrected chi connectivity index (χ3v) is 2.42. The predicted molar refractivity (Wildman–Crippen MR) is 53.8 cm³/mol. The molecule has 0 N–H and O–H groups in total. The van der Waals surface area contributed by atoms with Crippen molar-refractivity contribution in [2.24, 2.45) is 10.3 Å². The fraction of sp³-hybridized carbons (Fsp3) is 0.300. The zero-order chi connectivity index (χ0) is 9.86. The van der Waals surface area contributed by atoms with Crippen molar-refractivity contribution in [1.29, 1.82) is 0 Å². The number of rotatable bonds is 3. The SMILES string of the molecule is O=CC[N+]1(c2ccccc2)CCN=N1. The van der Waals surface area contributed by atoms with Crippen LogP contribution in [0.2, 0.25) is 0 Å². The number of para-hydroxylation sites is 1. The average Bonchev–Trinajstić information content (AvgIpc) is 2.70. The fourth-order valence-electron chi connectivity index (χ4n) is 1.66. The van der Waals surface area contributed by atoms with Crippen molar-refractivity contribution in [1.82, 2.24) is 4.59 Å². The number of benzene rings is 1. The van der Waals surface area contributed by atoms with Gasteiger partial charge in [-0.15, -0.1) is 9.71 Å². The van der Waals surface area contributed by atoms with Crippen LogP contribution in [0.4, 0.5) is 5.69 Å². The number of nitrogens with zero attached hydrogens (tertiary/aromatic N) is 3. The Kier molecular flexibility index (Phi) is 2.37. The Labute approximate surface area is 82.4 Å². The summed E-state index contributed by atoms with van der Waals surface area (Å²) in [6.07, 6.45) is 0.900. The zero-order valence-electron chi connectivity index (χ0n) is 7.84. The van der Waals surface area contributed by atoms with Crippen LogP contribution >= 0.6 is 0 Å². The van der Waals surface area contributed by atoms with E-state index >= 15 is 0 Å². The minimum atomic E-state index is 0.324. The molecule has 1 aromatic carbocycles. The smallest absolute Gasteiger partial charge is 0.177 e. The summed E-state index contributed by atoms with van der Waals surface area (Å²) in [7, 11) is 0. The molecular weight excluding hydrogens is 178 g/mol. The first kappa shape index (κ1) is 9.02. The fourth-order valence-corrected chi connectivity index (χ4v) is 1.66. The minimum absolute atomic E-state index is 0.324. The van der Waals surface area contributed by atoms with E-state index < -0.39 is 0 Å². The average molecular weight is 190 g/mol. The quantitative estimate of drug-likeness (QED) is 0.527. The monoisotopic (exact) mass is 190 g/mol. The largest absolute Gasteiger partial charge is 0.297 e. The molecule has 1 aliphatic rings. The number of hydrogen-bond acceptors (Lipinski definition) is 3. The van der Waals surface area contributed by atoms with Crippen LogP contribution in [0.25, 0.3) is 0 Å². The van der Waals surface area contributed by atoms with Crippen LogP contribution < -0.4 is 4.59 Å². The maximum Gasteiger partial charge on any atom is 0.177 e. The zero-order valence-corrected chi connectivity index (χ0v) is 7.84. The molecule has 0 spiro atoms. The van der Waals surface area contributed by atoms with Crippen LogP contribution in [0.1, 0.15) is 0 Å². The second kappa shape index (κ2) is 3.67. The van der Waals surface area contributed by atoms with E-state index in [1.807, 2.05) is 30.3 Å². The molecule has 0 aromatic heterocycles. The summed E-state index contributed by atoms with van der Waals surface area (Å²) in [6.45, 7) is 1.85. The first-order valence-electron chi connectivity index (χ1n) is 4.63. The molecule has 0 saturated heterocycles. The van der Waals surface area contributed by atoms with Crippen LogP contribution in [0, 0.1) is 0 Å². The second-order valence-electron chi connectivity index (χ2n) is 3.29. The molecule has 1 atom stereocenters. The first-order valence-corrected chi connectivity index (χ1v) is 4.63. The van der Waals surface area contributed by atoms with Gasteiger partial charge in [0.25, 0.3) is 0 Å². The molecule has 14 heavy (non-hydrogen) atoms. The van der Waals surface area contributed by atoms with Crippen molar-refractivity contribution >= 4 is 12.0 Å². The van der Waals surface area contributed by atoms with Crippen LogP contribution in [-0.2, 0) is 4.79 Å². The summed E-state index contributed by atoms with van der Waals surface area (Å²) in [4.78, 5) is 10.6. The molecule has 0 bridgehead atoms. The van der Waals surface area contributed by atoms with Crippen molar-refractivity contribution < 1.29 is 4.79 Å². The van der Waals surface area contributed by atoms with Gasteiger partial charge in [-0.3, -0.25) is 4.79 Å². The lowest BCUT2D eigenvalue weighted by Gasteiger charge is -2.23. The summed E-state index contributed by atoms with van der Waals surface area (Å²) < 4.78 is 0.324. The summed E-state index contributed by atoms with van der Waals surface area (Å²) in [5.41, 5.74) is 1.03. The van der Waals surface area contributed by atoms with E-state index in [1.54, 1.807) is 0 Å². The standard InChI is InChI=1S/C10H12N3O/c14-9-8-13(7-6-11-12-13)10-4-2-1-3-5-10/h1-5,9H,6-8H2/q+1. The number of carbonyl (C=O) groups is 1. The van der Waals surface area contributed by atoms with Gasteiger partial charge in [-0.2, -0.15) is 0 Å². The van der Waals surface area contributed by atoms with Gasteiger partial charge >= 0.3 is 0 Å². The van der Waals surface area contributed by atoms with Gasteiger partial charge < -0.3 is 0 Å². The van der Waals surface area contributed by atoms with E-state index in [1.165, 1.54) is 0 Å². The van der Waals surface area contributed by atoms with E-state index in [0.29, 0.717) is 17.7 Å². The lowest BCUT2D eigenvalue weighted by molar-refractivity contribution is -0.108. The molecule has 0 radical (unpaired) electrons. The third kappa shape index (κ3) is 1.44. The second-order valence-corrected chi connectivity index (χ2v) is 3.29. The predicted octanol–water partition coefficient (Wildman–Crippen LogP) is 1.57. The molecule has 0 amide bonds. The third-order valence-electron chi connectivity index (χ3n) is 2.42. The number of hydrogen-bond donors (Lipinski definition) is 0. The summed E-state index contributed by atoms with van der Waals surface area (Å²) in [5.74, 6) is 0. The van der Waals surface area contributed by atoms with Crippen LogP contribution in [-0.4, -0.2) is 25.9 Å². The lowest BCUT2D eigenvalue weighted by Crippen LogP contribution is -2.44. The highest BCUT2D eigenvalue weighted by molar-refractivity contribution is 5.58. The molecule has 4 heteroatoms. The van der Waals surface area contributed by atoms with Gasteiger partial charge in [0.05, 0.1) is 0 Å². The Morgan fingerprint density at radius 1 is 1.36 bits per heavy atom. The van der Waals surface area contributed by atoms with Gasteiger partial charge in [0, 0.05) is 17.4 Å². The van der Waals surface area contributed by atoms with E-state index in [9.17, 15) is 4.79 Å². The Bertz CT molecular complexity index is 350. The molecule has 2 rings (SSSR count). The maximum absolute atomic E-state index is 10.6. The Morgan fingerprint density at radius 3 is 2.71 bits per heavy atom. The van der Waals surface area contributed by atoms with Crippen molar-refractivity contribution in [2.75, 3.05) is 19.6 Å². The molecule has 1 heterocycles. The molecular formula is C10H12N3O+. The topological polar surface area (TPSA) is 41.8 Å². The molecule has 72 valence electrons. The lowest BCUT2D eigenvalue weighted by atomic mass is 10.2. The van der Waals surface area contributed by atoms with Crippen molar-refractivity contribution in [3.8, 4) is 0 Å². The first-order chi connectivity index (χ1) is 6.87. The van der Waals surface area contributed by atoms with Gasteiger partial charge in [-0.25, -0.2) is 0 Å². The van der Waals surface area contributed by atoms with Crippen molar-refractivity contribution in [3.05, 3.63) is 30.3 Å². The van der Waals surface area contributed by atoms with Crippen molar-refractivity contribution in [2.45, 2.75) is 0 Å². The highest BCUT2D eigenvalue weighted by Crippen LogP contribution is 2.25. The van der Waals surface area contributed by atoms with E-state index in [2.05, 4.69) is 10.3 Å². The highest BCUT2D eigenvalue weighted by Gasteiger charge is 2.34. The van der Waals surface area contributed by atoms with Crippen molar-refractivity contribution in [3.63, 3.8) is 0 Å². The van der Waals surface area contributed by atoms with Gasteiger partial charge in [0.1, 0.15) is 13.1 Å². The Balaban J connectivity index is 2.36. The summed E-state index contributed by atoms with van der Waals surface area (Å²) in [6, 6.07) is 9.82. The van der Waals surface area contributed by atoms with Crippen LogP contribution in [0.5, 0.6) is 0 Å². The molecule has 4 nitrogen and oxygen atoms in total. The van der Waals surface area contributed by atoms with E-state index in [-0.39, 0.29) is 0 Å². The van der Waals surface area contributed by atoms with Gasteiger partial charge in [-0.1, -0.05) is 18.2 Å². The van der Waals surface area contributed by atoms with Gasteiger partial charge in [0.15, 0.2) is 18.5 Å². The number of quaternary nitrogens is 1. The normalized spacial score (nSPS) is 25.1. The number of aldehydes is 1. The Morgan fingerprint density at radius 2 is 2.14 bits per heavy atom. The molecule has 1 aliphatic heterocycles. The highest BCUT2D eigenvalue weighted by atomic mass is 16.1. The van der Waals surface area contributed by atoms with Gasteiger partial charge in [0.2, 0.25) is 0 Å². The minimum Gasteiger partial charge on any atom is -0.297 e. The van der Waals surface area contributed by atoms with Crippen LogP contribution in [0.3, 0.4) is 0 Å².